The lowest BCUT2D eigenvalue weighted by atomic mass is 9.77. The predicted molar refractivity (Wildman–Crippen MR) is 59.3 cm³/mol. The average Bonchev–Trinajstić information content (AvgIpc) is 3.12. The van der Waals surface area contributed by atoms with Gasteiger partial charge in [-0.2, -0.15) is 0 Å². The SMILES string of the molecule is C1CCC(C2(CNC3CC3)CC2)CC1. The van der Waals surface area contributed by atoms with Gasteiger partial charge in [0, 0.05) is 12.6 Å². The van der Waals surface area contributed by atoms with Crippen molar-refractivity contribution >= 4 is 0 Å². The first kappa shape index (κ1) is 9.21. The van der Waals surface area contributed by atoms with Gasteiger partial charge < -0.3 is 5.32 Å². The molecule has 1 heteroatoms. The molecule has 0 heterocycles. The summed E-state index contributed by atoms with van der Waals surface area (Å²) in [6.45, 7) is 1.35. The highest BCUT2D eigenvalue weighted by atomic mass is 15.0. The third-order valence-electron chi connectivity index (χ3n) is 4.68. The molecule has 3 saturated carbocycles. The number of nitrogens with one attached hydrogen (secondary N) is 1. The minimum absolute atomic E-state index is 0.781. The molecule has 3 aliphatic carbocycles. The maximum Gasteiger partial charge on any atom is 0.00684 e. The zero-order chi connectivity index (χ0) is 9.43. The lowest BCUT2D eigenvalue weighted by molar-refractivity contribution is 0.220. The molecule has 0 saturated heterocycles. The molecule has 1 nitrogen and oxygen atoms in total. The van der Waals surface area contributed by atoms with Crippen molar-refractivity contribution in [1.82, 2.24) is 5.32 Å². The Hall–Kier alpha value is -0.0400. The first-order valence-corrected chi connectivity index (χ1v) is 6.62. The Labute approximate surface area is 87.7 Å². The molecule has 0 aliphatic heterocycles. The molecular weight excluding hydrogens is 170 g/mol. The van der Waals surface area contributed by atoms with Crippen molar-refractivity contribution in [2.24, 2.45) is 11.3 Å². The fraction of sp³-hybridized carbons (Fsp3) is 1.00. The van der Waals surface area contributed by atoms with Crippen molar-refractivity contribution < 1.29 is 0 Å². The van der Waals surface area contributed by atoms with Crippen LogP contribution < -0.4 is 5.32 Å². The third kappa shape index (κ3) is 1.84. The molecule has 3 rings (SSSR count). The smallest absolute Gasteiger partial charge is 0.00684 e. The third-order valence-corrected chi connectivity index (χ3v) is 4.68. The van der Waals surface area contributed by atoms with Gasteiger partial charge >= 0.3 is 0 Å². The van der Waals surface area contributed by atoms with Gasteiger partial charge in [-0.1, -0.05) is 19.3 Å². The van der Waals surface area contributed by atoms with Gasteiger partial charge in [0.15, 0.2) is 0 Å². The largest absolute Gasteiger partial charge is 0.313 e. The topological polar surface area (TPSA) is 12.0 Å². The van der Waals surface area contributed by atoms with Crippen LogP contribution in [0.3, 0.4) is 0 Å². The molecule has 80 valence electrons. The van der Waals surface area contributed by atoms with Crippen molar-refractivity contribution in [3.63, 3.8) is 0 Å². The highest BCUT2D eigenvalue weighted by Gasteiger charge is 2.49. The molecule has 0 amide bonds. The first-order chi connectivity index (χ1) is 6.89. The minimum Gasteiger partial charge on any atom is -0.313 e. The predicted octanol–water partition coefficient (Wildman–Crippen LogP) is 3.10. The van der Waals surface area contributed by atoms with Crippen molar-refractivity contribution in [1.29, 1.82) is 0 Å². The highest BCUT2D eigenvalue weighted by molar-refractivity contribution is 5.01. The number of hydrogen-bond donors (Lipinski definition) is 1. The van der Waals surface area contributed by atoms with E-state index in [1.807, 2.05) is 0 Å². The van der Waals surface area contributed by atoms with E-state index in [2.05, 4.69) is 5.32 Å². The van der Waals surface area contributed by atoms with Gasteiger partial charge in [0.25, 0.3) is 0 Å². The van der Waals surface area contributed by atoms with Crippen LogP contribution in [0.4, 0.5) is 0 Å². The Morgan fingerprint density at radius 1 is 0.929 bits per heavy atom. The molecule has 3 fully saturated rings. The van der Waals surface area contributed by atoms with E-state index >= 15 is 0 Å². The quantitative estimate of drug-likeness (QED) is 0.723. The van der Waals surface area contributed by atoms with Gasteiger partial charge in [-0.15, -0.1) is 0 Å². The highest BCUT2D eigenvalue weighted by Crippen LogP contribution is 2.56. The summed E-state index contributed by atoms with van der Waals surface area (Å²) < 4.78 is 0. The second kappa shape index (κ2) is 3.52. The van der Waals surface area contributed by atoms with Gasteiger partial charge in [-0.25, -0.2) is 0 Å². The van der Waals surface area contributed by atoms with Crippen LogP contribution in [0.25, 0.3) is 0 Å². The van der Waals surface area contributed by atoms with Crippen LogP contribution in [0.1, 0.15) is 57.8 Å². The summed E-state index contributed by atoms with van der Waals surface area (Å²) in [6.07, 6.45) is 13.5. The van der Waals surface area contributed by atoms with Crippen molar-refractivity contribution in [2.75, 3.05) is 6.54 Å². The van der Waals surface area contributed by atoms with E-state index in [4.69, 9.17) is 0 Å². The summed E-state index contributed by atoms with van der Waals surface area (Å²) in [5.41, 5.74) is 0.781. The molecule has 0 bridgehead atoms. The molecule has 0 aromatic rings. The van der Waals surface area contributed by atoms with E-state index in [1.165, 1.54) is 64.3 Å². The van der Waals surface area contributed by atoms with Crippen LogP contribution in [0, 0.1) is 11.3 Å². The molecule has 0 aromatic heterocycles. The van der Waals surface area contributed by atoms with E-state index in [0.29, 0.717) is 0 Å². The monoisotopic (exact) mass is 193 g/mol. The summed E-state index contributed by atoms with van der Waals surface area (Å²) in [6, 6.07) is 0.913. The number of rotatable bonds is 4. The Kier molecular flexibility index (Phi) is 2.31. The lowest BCUT2D eigenvalue weighted by Crippen LogP contribution is -2.32. The van der Waals surface area contributed by atoms with Crippen LogP contribution in [0.15, 0.2) is 0 Å². The zero-order valence-electron chi connectivity index (χ0n) is 9.23. The van der Waals surface area contributed by atoms with Gasteiger partial charge in [0.1, 0.15) is 0 Å². The second-order valence-corrected chi connectivity index (χ2v) is 5.85. The molecular formula is C13H23N. The van der Waals surface area contributed by atoms with E-state index in [0.717, 1.165) is 17.4 Å². The fourth-order valence-corrected chi connectivity index (χ4v) is 3.24. The first-order valence-electron chi connectivity index (χ1n) is 6.62. The lowest BCUT2D eigenvalue weighted by Gasteiger charge is -2.30. The summed E-state index contributed by atoms with van der Waals surface area (Å²) in [5, 5.41) is 3.76. The summed E-state index contributed by atoms with van der Waals surface area (Å²) in [7, 11) is 0. The Morgan fingerprint density at radius 2 is 1.64 bits per heavy atom. The van der Waals surface area contributed by atoms with E-state index in [1.54, 1.807) is 0 Å². The maximum absolute atomic E-state index is 3.76. The molecule has 0 atom stereocenters. The van der Waals surface area contributed by atoms with Crippen molar-refractivity contribution in [3.05, 3.63) is 0 Å². The summed E-state index contributed by atoms with van der Waals surface area (Å²) >= 11 is 0. The molecule has 1 N–H and O–H groups in total. The Morgan fingerprint density at radius 3 is 2.21 bits per heavy atom. The van der Waals surface area contributed by atoms with Crippen LogP contribution in [0.2, 0.25) is 0 Å². The number of hydrogen-bond acceptors (Lipinski definition) is 1. The standard InChI is InChI=1S/C13H23N/c1-2-4-11(5-3-1)13(8-9-13)10-14-12-6-7-12/h11-12,14H,1-10H2. The van der Waals surface area contributed by atoms with E-state index in [-0.39, 0.29) is 0 Å². The van der Waals surface area contributed by atoms with Crippen LogP contribution in [-0.4, -0.2) is 12.6 Å². The van der Waals surface area contributed by atoms with Gasteiger partial charge in [0.05, 0.1) is 0 Å². The molecule has 0 radical (unpaired) electrons. The van der Waals surface area contributed by atoms with Gasteiger partial charge in [-0.3, -0.25) is 0 Å². The average molecular weight is 193 g/mol. The summed E-state index contributed by atoms with van der Waals surface area (Å²) in [5.74, 6) is 1.09. The van der Waals surface area contributed by atoms with Gasteiger partial charge in [-0.05, 0) is 49.9 Å². The van der Waals surface area contributed by atoms with Crippen LogP contribution >= 0.6 is 0 Å². The molecule has 14 heavy (non-hydrogen) atoms. The van der Waals surface area contributed by atoms with E-state index < -0.39 is 0 Å². The molecule has 0 unspecified atom stereocenters. The van der Waals surface area contributed by atoms with E-state index in [9.17, 15) is 0 Å². The maximum atomic E-state index is 3.76. The Balaban J connectivity index is 1.52. The molecule has 3 aliphatic rings. The Bertz CT molecular complexity index is 197. The zero-order valence-corrected chi connectivity index (χ0v) is 9.23. The fourth-order valence-electron chi connectivity index (χ4n) is 3.24. The normalized spacial score (nSPS) is 31.7. The summed E-state index contributed by atoms with van der Waals surface area (Å²) in [4.78, 5) is 0. The molecule has 0 aromatic carbocycles. The second-order valence-electron chi connectivity index (χ2n) is 5.85. The van der Waals surface area contributed by atoms with Crippen LogP contribution in [-0.2, 0) is 0 Å². The minimum atomic E-state index is 0.781. The molecule has 0 spiro atoms. The van der Waals surface area contributed by atoms with Crippen LogP contribution in [0.5, 0.6) is 0 Å². The van der Waals surface area contributed by atoms with Gasteiger partial charge in [0.2, 0.25) is 0 Å². The van der Waals surface area contributed by atoms with Crippen molar-refractivity contribution in [2.45, 2.75) is 63.8 Å². The van der Waals surface area contributed by atoms with Crippen molar-refractivity contribution in [3.8, 4) is 0 Å².